The number of nitrogens with zero attached hydrogens (tertiary/aromatic N) is 5. The predicted octanol–water partition coefficient (Wildman–Crippen LogP) is 3.00. The number of rotatable bonds is 9. The Balaban J connectivity index is 1.68. The molecule has 0 bridgehead atoms. The Bertz CT molecular complexity index is 1500. The molecule has 9 nitrogen and oxygen atoms in total. The van der Waals surface area contributed by atoms with Gasteiger partial charge in [-0.2, -0.15) is 0 Å². The molecule has 0 saturated heterocycles. The van der Waals surface area contributed by atoms with Crippen molar-refractivity contribution in [2.24, 2.45) is 0 Å². The van der Waals surface area contributed by atoms with E-state index in [1.54, 1.807) is 36.2 Å². The summed E-state index contributed by atoms with van der Waals surface area (Å²) in [5, 5.41) is 0.656. The van der Waals surface area contributed by atoms with E-state index in [0.29, 0.717) is 34.9 Å². The maximum absolute atomic E-state index is 12.4. The highest BCUT2D eigenvalue weighted by Gasteiger charge is 2.19. The molecule has 4 rings (SSSR count). The van der Waals surface area contributed by atoms with E-state index in [0.717, 1.165) is 29.9 Å². The summed E-state index contributed by atoms with van der Waals surface area (Å²) >= 11 is 0. The predicted molar refractivity (Wildman–Crippen MR) is 144 cm³/mol. The van der Waals surface area contributed by atoms with Gasteiger partial charge in [0.05, 0.1) is 28.9 Å². The van der Waals surface area contributed by atoms with Gasteiger partial charge >= 0.3 is 0 Å². The van der Waals surface area contributed by atoms with Crippen LogP contribution in [-0.2, 0) is 16.3 Å². The third-order valence-electron chi connectivity index (χ3n) is 6.08. The second kappa shape index (κ2) is 10.2. The number of para-hydroxylation sites is 1. The van der Waals surface area contributed by atoms with Crippen molar-refractivity contribution in [3.8, 4) is 11.6 Å². The number of nitrogens with two attached hydrogens (primary N) is 1. The molecule has 10 heteroatoms. The maximum Gasteiger partial charge on any atom is 0.177 e. The average Bonchev–Trinajstić information content (AvgIpc) is 3.23. The van der Waals surface area contributed by atoms with E-state index in [1.807, 2.05) is 51.5 Å². The Morgan fingerprint density at radius 3 is 2.53 bits per heavy atom. The third-order valence-corrected chi connectivity index (χ3v) is 7.21. The highest BCUT2D eigenvalue weighted by Crippen LogP contribution is 2.33. The van der Waals surface area contributed by atoms with Crippen LogP contribution in [0.1, 0.15) is 11.4 Å². The first-order chi connectivity index (χ1) is 17.1. The summed E-state index contributed by atoms with van der Waals surface area (Å²) < 4.78 is 32.2. The van der Waals surface area contributed by atoms with Gasteiger partial charge in [-0.1, -0.05) is 18.2 Å². The fourth-order valence-corrected chi connectivity index (χ4v) is 5.04. The smallest absolute Gasteiger partial charge is 0.177 e. The van der Waals surface area contributed by atoms with E-state index in [2.05, 4.69) is 14.8 Å². The van der Waals surface area contributed by atoms with Crippen LogP contribution in [-0.4, -0.2) is 75.5 Å². The first kappa shape index (κ1) is 25.5. The van der Waals surface area contributed by atoms with Crippen molar-refractivity contribution >= 4 is 32.1 Å². The van der Waals surface area contributed by atoms with E-state index in [1.165, 1.54) is 6.26 Å². The molecule has 4 aromatic rings. The molecule has 0 amide bonds. The molecule has 0 aliphatic rings. The van der Waals surface area contributed by atoms with Gasteiger partial charge in [0, 0.05) is 62.2 Å². The van der Waals surface area contributed by atoms with E-state index >= 15 is 0 Å². The monoisotopic (exact) mass is 508 g/mol. The molecule has 2 heterocycles. The molecule has 2 N–H and O–H groups in total. The molecule has 0 saturated carbocycles. The Kier molecular flexibility index (Phi) is 7.18. The molecule has 0 spiro atoms. The highest BCUT2D eigenvalue weighted by molar-refractivity contribution is 7.91. The third kappa shape index (κ3) is 5.29. The second-order valence-electron chi connectivity index (χ2n) is 9.11. The summed E-state index contributed by atoms with van der Waals surface area (Å²) in [7, 11) is 4.30. The maximum atomic E-state index is 12.4. The fraction of sp³-hybridized carbons (Fsp3) is 0.308. The lowest BCUT2D eigenvalue weighted by Crippen LogP contribution is -2.29. The summed E-state index contributed by atoms with van der Waals surface area (Å²) in [6.07, 6.45) is 4.90. The van der Waals surface area contributed by atoms with Gasteiger partial charge in [-0.3, -0.25) is 4.57 Å². The Labute approximate surface area is 212 Å². The van der Waals surface area contributed by atoms with Crippen LogP contribution in [0.2, 0.25) is 0 Å². The normalized spacial score (nSPS) is 11.8. The summed E-state index contributed by atoms with van der Waals surface area (Å²) in [5.74, 6) is 1.85. The molecule has 190 valence electrons. The van der Waals surface area contributed by atoms with Crippen LogP contribution in [0.15, 0.2) is 59.8 Å². The zero-order valence-electron chi connectivity index (χ0n) is 21.3. The van der Waals surface area contributed by atoms with Crippen LogP contribution in [0.5, 0.6) is 5.75 Å². The van der Waals surface area contributed by atoms with Crippen LogP contribution in [0, 0.1) is 0 Å². The van der Waals surface area contributed by atoms with E-state index in [-0.39, 0.29) is 4.90 Å². The lowest BCUT2D eigenvalue weighted by Gasteiger charge is -2.24. The van der Waals surface area contributed by atoms with Crippen molar-refractivity contribution < 1.29 is 13.2 Å². The van der Waals surface area contributed by atoms with Crippen molar-refractivity contribution in [3.05, 3.63) is 66.2 Å². The second-order valence-corrected chi connectivity index (χ2v) is 11.1. The molecule has 0 aliphatic heterocycles. The number of aromatic nitrogens is 3. The van der Waals surface area contributed by atoms with Crippen LogP contribution in [0.25, 0.3) is 16.7 Å². The lowest BCUT2D eigenvalue weighted by molar-refractivity contribution is 0.409. The van der Waals surface area contributed by atoms with Gasteiger partial charge in [-0.15, -0.1) is 0 Å². The number of methoxy groups -OCH3 is 1. The largest absolute Gasteiger partial charge is 0.496 e. The molecule has 0 radical (unpaired) electrons. The number of sulfone groups is 1. The molecule has 0 fully saturated rings. The Hall–Kier alpha value is -3.63. The Morgan fingerprint density at radius 2 is 1.83 bits per heavy atom. The standard InChI is InChI=1S/C26H32N6O3S/c1-30(2)12-13-31(3)22-16-23(35-4)18(14-20(22)27)15-25-28-11-10-26(29-25)32-17-24(36(5,33)34)19-8-6-7-9-21(19)32/h6-11,14,16-17H,12-13,15,27H2,1-5H3. The first-order valence-corrected chi connectivity index (χ1v) is 13.4. The molecule has 2 aromatic carbocycles. The SMILES string of the molecule is COc1cc(N(C)CCN(C)C)c(N)cc1Cc1nccc(-n2cc(S(C)(=O)=O)c3ccccc32)n1. The number of nitrogen functional groups attached to an aromatic ring is 1. The van der Waals surface area contributed by atoms with Crippen LogP contribution >= 0.6 is 0 Å². The van der Waals surface area contributed by atoms with Gasteiger partial charge in [0.1, 0.15) is 17.4 Å². The first-order valence-electron chi connectivity index (χ1n) is 11.5. The number of anilines is 2. The summed E-state index contributed by atoms with van der Waals surface area (Å²) in [5.41, 5.74) is 9.60. The molecule has 36 heavy (non-hydrogen) atoms. The summed E-state index contributed by atoms with van der Waals surface area (Å²) in [6.45, 7) is 1.72. The minimum absolute atomic E-state index is 0.265. The van der Waals surface area contributed by atoms with E-state index in [9.17, 15) is 8.42 Å². The summed E-state index contributed by atoms with van der Waals surface area (Å²) in [4.78, 5) is 13.7. The van der Waals surface area contributed by atoms with Crippen LogP contribution < -0.4 is 15.4 Å². The molecular formula is C26H32N6O3S. The average molecular weight is 509 g/mol. The van der Waals surface area contributed by atoms with Gasteiger partial charge in [0.2, 0.25) is 0 Å². The number of hydrogen-bond acceptors (Lipinski definition) is 8. The zero-order chi connectivity index (χ0) is 26.0. The minimum atomic E-state index is -3.41. The minimum Gasteiger partial charge on any atom is -0.496 e. The number of ether oxygens (including phenoxy) is 1. The molecular weight excluding hydrogens is 476 g/mol. The summed E-state index contributed by atoms with van der Waals surface area (Å²) in [6, 6.07) is 13.0. The number of hydrogen-bond donors (Lipinski definition) is 1. The van der Waals surface area contributed by atoms with Gasteiger partial charge in [0.25, 0.3) is 0 Å². The molecule has 0 unspecified atom stereocenters. The number of fused-ring (bicyclic) bond motifs is 1. The zero-order valence-corrected chi connectivity index (χ0v) is 22.1. The molecule has 2 aromatic heterocycles. The van der Waals surface area contributed by atoms with Crippen molar-refractivity contribution in [1.29, 1.82) is 0 Å². The lowest BCUT2D eigenvalue weighted by atomic mass is 10.1. The van der Waals surface area contributed by atoms with E-state index < -0.39 is 9.84 Å². The van der Waals surface area contributed by atoms with Crippen molar-refractivity contribution in [3.63, 3.8) is 0 Å². The van der Waals surface area contributed by atoms with E-state index in [4.69, 9.17) is 15.5 Å². The molecule has 0 atom stereocenters. The topological polar surface area (TPSA) is 107 Å². The van der Waals surface area contributed by atoms with Crippen LogP contribution in [0.3, 0.4) is 0 Å². The molecule has 0 aliphatic carbocycles. The van der Waals surface area contributed by atoms with Gasteiger partial charge in [-0.05, 0) is 32.3 Å². The van der Waals surface area contributed by atoms with Crippen molar-refractivity contribution in [1.82, 2.24) is 19.4 Å². The Morgan fingerprint density at radius 1 is 1.08 bits per heavy atom. The van der Waals surface area contributed by atoms with Crippen molar-refractivity contribution in [2.75, 3.05) is 58.2 Å². The fourth-order valence-electron chi connectivity index (χ4n) is 4.17. The van der Waals surface area contributed by atoms with Gasteiger partial charge in [0.15, 0.2) is 9.84 Å². The highest BCUT2D eigenvalue weighted by atomic mass is 32.2. The van der Waals surface area contributed by atoms with Crippen LogP contribution in [0.4, 0.5) is 11.4 Å². The number of likely N-dealkylation sites (N-methyl/N-ethyl adjacent to an activating group) is 2. The van der Waals surface area contributed by atoms with Gasteiger partial charge in [-0.25, -0.2) is 18.4 Å². The quantitative estimate of drug-likeness (QED) is 0.344. The van der Waals surface area contributed by atoms with Crippen molar-refractivity contribution in [2.45, 2.75) is 11.3 Å². The van der Waals surface area contributed by atoms with Gasteiger partial charge < -0.3 is 20.3 Å². The number of benzene rings is 2.